The van der Waals surface area contributed by atoms with Crippen molar-refractivity contribution in [2.75, 3.05) is 6.61 Å². The van der Waals surface area contributed by atoms with Gasteiger partial charge in [-0.2, -0.15) is 0 Å². The summed E-state index contributed by atoms with van der Waals surface area (Å²) in [6.07, 6.45) is 4.79. The topological polar surface area (TPSA) is 48.9 Å². The van der Waals surface area contributed by atoms with Gasteiger partial charge in [0.05, 0.1) is 12.3 Å². The quantitative estimate of drug-likeness (QED) is 0.857. The number of hydrogen-bond donors (Lipinski definition) is 2. The summed E-state index contributed by atoms with van der Waals surface area (Å²) in [7, 11) is 0. The lowest BCUT2D eigenvalue weighted by Gasteiger charge is -2.08. The molecule has 0 aliphatic rings. The van der Waals surface area contributed by atoms with Gasteiger partial charge in [0, 0.05) is 28.8 Å². The minimum absolute atomic E-state index is 0.201. The molecule has 0 aliphatic carbocycles. The molecule has 4 heteroatoms. The molecule has 2 aromatic heterocycles. The van der Waals surface area contributed by atoms with Gasteiger partial charge in [-0.15, -0.1) is 11.3 Å². The summed E-state index contributed by atoms with van der Waals surface area (Å²) in [6, 6.07) is 2.02. The van der Waals surface area contributed by atoms with Gasteiger partial charge < -0.3 is 10.1 Å². The Balaban J connectivity index is 2.35. The van der Waals surface area contributed by atoms with Crippen LogP contribution in [-0.2, 0) is 0 Å². The van der Waals surface area contributed by atoms with Gasteiger partial charge in [0.25, 0.3) is 0 Å². The van der Waals surface area contributed by atoms with Gasteiger partial charge in [0.1, 0.15) is 5.01 Å². The first-order chi connectivity index (χ1) is 7.76. The minimum Gasteiger partial charge on any atom is -0.396 e. The van der Waals surface area contributed by atoms with E-state index in [0.29, 0.717) is 0 Å². The van der Waals surface area contributed by atoms with Crippen LogP contribution in [0, 0.1) is 6.92 Å². The number of hydrogen-bond acceptors (Lipinski definition) is 3. The van der Waals surface area contributed by atoms with E-state index in [0.717, 1.165) is 22.7 Å². The van der Waals surface area contributed by atoms with Crippen LogP contribution >= 0.6 is 11.3 Å². The minimum atomic E-state index is 0.201. The monoisotopic (exact) mass is 236 g/mol. The molecule has 1 atom stereocenters. The van der Waals surface area contributed by atoms with Crippen molar-refractivity contribution < 1.29 is 5.11 Å². The average Bonchev–Trinajstić information content (AvgIpc) is 2.90. The van der Waals surface area contributed by atoms with Crippen LogP contribution in [0.1, 0.15) is 29.8 Å². The van der Waals surface area contributed by atoms with E-state index in [1.165, 1.54) is 4.88 Å². The van der Waals surface area contributed by atoms with Crippen molar-refractivity contribution in [3.63, 3.8) is 0 Å². The normalized spacial score (nSPS) is 12.9. The molecule has 0 aliphatic heterocycles. The fourth-order valence-electron chi connectivity index (χ4n) is 1.76. The highest BCUT2D eigenvalue weighted by Gasteiger charge is 2.16. The van der Waals surface area contributed by atoms with Crippen LogP contribution in [0.4, 0.5) is 0 Å². The van der Waals surface area contributed by atoms with Crippen molar-refractivity contribution in [3.8, 4) is 10.6 Å². The van der Waals surface area contributed by atoms with Crippen molar-refractivity contribution in [1.29, 1.82) is 0 Å². The second kappa shape index (κ2) is 4.80. The van der Waals surface area contributed by atoms with E-state index < -0.39 is 0 Å². The van der Waals surface area contributed by atoms with Crippen LogP contribution in [0.2, 0.25) is 0 Å². The van der Waals surface area contributed by atoms with Gasteiger partial charge in [-0.1, -0.05) is 6.92 Å². The Labute approximate surface area is 99.2 Å². The van der Waals surface area contributed by atoms with Crippen LogP contribution in [-0.4, -0.2) is 21.7 Å². The van der Waals surface area contributed by atoms with Gasteiger partial charge in [-0.05, 0) is 19.4 Å². The predicted octanol–water partition coefficient (Wildman–Crippen LogP) is 2.93. The lowest BCUT2D eigenvalue weighted by Crippen LogP contribution is -2.01. The largest absolute Gasteiger partial charge is 0.396 e. The van der Waals surface area contributed by atoms with Gasteiger partial charge in [0.2, 0.25) is 0 Å². The highest BCUT2D eigenvalue weighted by molar-refractivity contribution is 7.15. The Morgan fingerprint density at radius 3 is 2.94 bits per heavy atom. The van der Waals surface area contributed by atoms with Gasteiger partial charge >= 0.3 is 0 Å². The molecule has 3 nitrogen and oxygen atoms in total. The molecule has 86 valence electrons. The maximum absolute atomic E-state index is 9.32. The summed E-state index contributed by atoms with van der Waals surface area (Å²) in [4.78, 5) is 8.80. The van der Waals surface area contributed by atoms with E-state index in [4.69, 9.17) is 0 Å². The molecular weight excluding hydrogens is 220 g/mol. The zero-order valence-corrected chi connectivity index (χ0v) is 10.3. The summed E-state index contributed by atoms with van der Waals surface area (Å²) in [6.45, 7) is 4.31. The number of nitrogens with one attached hydrogen (secondary N) is 1. The van der Waals surface area contributed by atoms with Crippen molar-refractivity contribution in [2.24, 2.45) is 0 Å². The van der Waals surface area contributed by atoms with Crippen LogP contribution in [0.3, 0.4) is 0 Å². The Morgan fingerprint density at radius 1 is 1.56 bits per heavy atom. The van der Waals surface area contributed by atoms with Crippen molar-refractivity contribution in [2.45, 2.75) is 26.2 Å². The molecule has 2 rings (SSSR count). The van der Waals surface area contributed by atoms with Crippen LogP contribution in [0.5, 0.6) is 0 Å². The smallest absolute Gasteiger partial charge is 0.125 e. The van der Waals surface area contributed by atoms with E-state index in [9.17, 15) is 5.11 Å². The first-order valence-electron chi connectivity index (χ1n) is 5.47. The molecule has 0 bridgehead atoms. The maximum atomic E-state index is 9.32. The number of aromatic amines is 1. The standard InChI is InChI=1S/C12H16N2OS/c1-3-9(7-15)11-8(2)14-12(16-11)10-4-5-13-6-10/h4-6,9,13,15H,3,7H2,1-2H3. The zero-order valence-electron chi connectivity index (χ0n) is 9.53. The lowest BCUT2D eigenvalue weighted by molar-refractivity contribution is 0.263. The van der Waals surface area contributed by atoms with E-state index in [-0.39, 0.29) is 12.5 Å². The van der Waals surface area contributed by atoms with Gasteiger partial charge in [-0.25, -0.2) is 4.98 Å². The summed E-state index contributed by atoms with van der Waals surface area (Å²) in [5, 5.41) is 10.3. The van der Waals surface area contributed by atoms with Gasteiger partial charge in [0.15, 0.2) is 0 Å². The SMILES string of the molecule is CCC(CO)c1sc(-c2cc[nH]c2)nc1C. The second-order valence-electron chi connectivity index (χ2n) is 3.86. The van der Waals surface area contributed by atoms with E-state index in [1.807, 2.05) is 25.4 Å². The van der Waals surface area contributed by atoms with Crippen molar-refractivity contribution in [1.82, 2.24) is 9.97 Å². The molecule has 0 amide bonds. The molecule has 0 spiro atoms. The molecule has 2 heterocycles. The maximum Gasteiger partial charge on any atom is 0.125 e. The highest BCUT2D eigenvalue weighted by Crippen LogP contribution is 2.33. The predicted molar refractivity (Wildman–Crippen MR) is 66.8 cm³/mol. The molecule has 0 fully saturated rings. The lowest BCUT2D eigenvalue weighted by atomic mass is 10.1. The molecule has 2 aromatic rings. The van der Waals surface area contributed by atoms with Crippen LogP contribution in [0.15, 0.2) is 18.5 Å². The number of rotatable bonds is 4. The van der Waals surface area contributed by atoms with Crippen LogP contribution in [0.25, 0.3) is 10.6 Å². The Hall–Kier alpha value is -1.13. The summed E-state index contributed by atoms with van der Waals surface area (Å²) >= 11 is 1.68. The molecule has 0 saturated carbocycles. The van der Waals surface area contributed by atoms with Gasteiger partial charge in [-0.3, -0.25) is 0 Å². The summed E-state index contributed by atoms with van der Waals surface area (Å²) < 4.78 is 0. The number of aliphatic hydroxyl groups excluding tert-OH is 1. The van der Waals surface area contributed by atoms with Crippen molar-refractivity contribution >= 4 is 11.3 Å². The molecule has 1 unspecified atom stereocenters. The Morgan fingerprint density at radius 2 is 2.38 bits per heavy atom. The fraction of sp³-hybridized carbons (Fsp3) is 0.417. The third kappa shape index (κ3) is 2.03. The van der Waals surface area contributed by atoms with Crippen LogP contribution < -0.4 is 0 Å². The second-order valence-corrected chi connectivity index (χ2v) is 4.89. The number of H-pyrrole nitrogens is 1. The number of nitrogens with zero attached hydrogens (tertiary/aromatic N) is 1. The number of aryl methyl sites for hydroxylation is 1. The average molecular weight is 236 g/mol. The molecule has 0 radical (unpaired) electrons. The Bertz CT molecular complexity index is 444. The summed E-state index contributed by atoms with van der Waals surface area (Å²) in [5.41, 5.74) is 2.16. The molecule has 0 saturated heterocycles. The number of thiazole rings is 1. The number of aromatic nitrogens is 2. The third-order valence-electron chi connectivity index (χ3n) is 2.76. The van der Waals surface area contributed by atoms with E-state index >= 15 is 0 Å². The fourth-order valence-corrected chi connectivity index (χ4v) is 3.00. The van der Waals surface area contributed by atoms with E-state index in [1.54, 1.807) is 11.3 Å². The molecular formula is C12H16N2OS. The van der Waals surface area contributed by atoms with E-state index in [2.05, 4.69) is 16.9 Å². The highest BCUT2D eigenvalue weighted by atomic mass is 32.1. The number of aliphatic hydroxyl groups is 1. The zero-order chi connectivity index (χ0) is 11.5. The third-order valence-corrected chi connectivity index (χ3v) is 4.13. The molecule has 16 heavy (non-hydrogen) atoms. The molecule has 0 aromatic carbocycles. The molecule has 2 N–H and O–H groups in total. The first-order valence-corrected chi connectivity index (χ1v) is 6.29. The Kier molecular flexibility index (Phi) is 3.41. The van der Waals surface area contributed by atoms with Crippen molar-refractivity contribution in [3.05, 3.63) is 29.0 Å². The summed E-state index contributed by atoms with van der Waals surface area (Å²) in [5.74, 6) is 0.227. The first kappa shape index (κ1) is 11.4.